The average Bonchev–Trinajstić information content (AvgIpc) is 3.42. The van der Waals surface area contributed by atoms with Gasteiger partial charge < -0.3 is 13.9 Å². The summed E-state index contributed by atoms with van der Waals surface area (Å²) in [5, 5.41) is 6.51. The number of nitrogens with zero attached hydrogens (tertiary/aromatic N) is 3. The average molecular weight is 788 g/mol. The number of benzene rings is 4. The molecule has 0 saturated heterocycles. The molecule has 0 atom stereocenters. The number of aromatic nitrogens is 2. The summed E-state index contributed by atoms with van der Waals surface area (Å²) in [7, 11) is 1.60. The third-order valence-electron chi connectivity index (χ3n) is 6.35. The van der Waals surface area contributed by atoms with E-state index >= 15 is 0 Å². The van der Waals surface area contributed by atoms with Gasteiger partial charge in [-0.05, 0) is 111 Å². The normalized spacial score (nSPS) is 11.5. The summed E-state index contributed by atoms with van der Waals surface area (Å²) in [5.41, 5.74) is 2.69. The molecule has 0 bridgehead atoms. The smallest absolute Gasteiger partial charge is 0.282 e. The van der Waals surface area contributed by atoms with E-state index in [4.69, 9.17) is 30.5 Å². The van der Waals surface area contributed by atoms with Crippen LogP contribution in [-0.2, 0) is 6.61 Å². The molecule has 0 unspecified atom stereocenters. The predicted octanol–water partition coefficient (Wildman–Crippen LogP) is 8.14. The molecule has 41 heavy (non-hydrogen) atoms. The summed E-state index contributed by atoms with van der Waals surface area (Å²) in [6.45, 7) is 0.417. The van der Waals surface area contributed by atoms with Crippen molar-refractivity contribution in [2.24, 2.45) is 5.10 Å². The zero-order chi connectivity index (χ0) is 28.5. The molecule has 0 amide bonds. The molecule has 6 aromatic rings. The van der Waals surface area contributed by atoms with E-state index in [0.29, 0.717) is 39.6 Å². The number of rotatable bonds is 7. The van der Waals surface area contributed by atoms with E-state index in [9.17, 15) is 4.79 Å². The maximum Gasteiger partial charge on any atom is 0.282 e. The van der Waals surface area contributed by atoms with Crippen LogP contribution in [0.2, 0.25) is 5.02 Å². The second-order valence-electron chi connectivity index (χ2n) is 9.03. The molecule has 6 rings (SSSR count). The summed E-state index contributed by atoms with van der Waals surface area (Å²) >= 11 is 10.5. The number of para-hydroxylation sites is 1. The molecule has 0 aliphatic heterocycles. The Balaban J connectivity index is 1.38. The van der Waals surface area contributed by atoms with E-state index in [1.807, 2.05) is 66.7 Å². The number of hydrogen-bond donors (Lipinski definition) is 0. The molecule has 0 aliphatic carbocycles. The highest BCUT2D eigenvalue weighted by Crippen LogP contribution is 2.33. The lowest BCUT2D eigenvalue weighted by Gasteiger charge is -2.12. The van der Waals surface area contributed by atoms with Gasteiger partial charge in [-0.1, -0.05) is 41.9 Å². The van der Waals surface area contributed by atoms with Gasteiger partial charge in [0.15, 0.2) is 5.76 Å². The molecule has 0 saturated carbocycles. The largest absolute Gasteiger partial charge is 0.496 e. The molecule has 2 aromatic heterocycles. The maximum atomic E-state index is 13.6. The van der Waals surface area contributed by atoms with Gasteiger partial charge in [0.2, 0.25) is 5.82 Å². The quantitative estimate of drug-likeness (QED) is 0.121. The van der Waals surface area contributed by atoms with E-state index in [2.05, 4.69) is 50.3 Å². The first-order valence-electron chi connectivity index (χ1n) is 12.4. The Morgan fingerprint density at radius 3 is 2.49 bits per heavy atom. The number of fused-ring (bicyclic) bond motifs is 2. The molecular weight excluding hydrogens is 768 g/mol. The summed E-state index contributed by atoms with van der Waals surface area (Å²) < 4.78 is 20.8. The number of furan rings is 1. The van der Waals surface area contributed by atoms with Crippen LogP contribution in [0, 0.1) is 7.14 Å². The van der Waals surface area contributed by atoms with Crippen LogP contribution in [0.3, 0.4) is 0 Å². The van der Waals surface area contributed by atoms with Crippen LogP contribution < -0.4 is 15.0 Å². The molecule has 0 fully saturated rings. The van der Waals surface area contributed by atoms with Crippen molar-refractivity contribution in [3.05, 3.63) is 119 Å². The first-order chi connectivity index (χ1) is 19.9. The molecule has 204 valence electrons. The standard InChI is InChI=1S/C31H20ClI2N3O4/c1-39-26-7-4-8-27-22(26)15-28(41-27)30-36-25-6-3-2-5-21(25)31(38)37(30)35-16-19-13-23(33)29(24(34)14-19)40-17-18-9-11-20(32)12-10-18/h2-16H,17H2,1H3. The zero-order valence-electron chi connectivity index (χ0n) is 21.5. The fourth-order valence-electron chi connectivity index (χ4n) is 4.37. The highest BCUT2D eigenvalue weighted by molar-refractivity contribution is 14.1. The maximum absolute atomic E-state index is 13.6. The van der Waals surface area contributed by atoms with E-state index in [1.54, 1.807) is 31.5 Å². The lowest BCUT2D eigenvalue weighted by Crippen LogP contribution is -2.20. The van der Waals surface area contributed by atoms with E-state index in [0.717, 1.165) is 29.4 Å². The zero-order valence-corrected chi connectivity index (χ0v) is 26.5. The molecule has 7 nitrogen and oxygen atoms in total. The molecule has 4 aromatic carbocycles. The van der Waals surface area contributed by atoms with Crippen LogP contribution in [-0.4, -0.2) is 23.0 Å². The van der Waals surface area contributed by atoms with E-state index in [-0.39, 0.29) is 11.4 Å². The minimum atomic E-state index is -0.304. The fraction of sp³-hybridized carbons (Fsp3) is 0.0645. The van der Waals surface area contributed by atoms with Crippen LogP contribution in [0.25, 0.3) is 33.5 Å². The fourth-order valence-corrected chi connectivity index (χ4v) is 6.62. The van der Waals surface area contributed by atoms with Gasteiger partial charge in [-0.15, -0.1) is 0 Å². The van der Waals surface area contributed by atoms with Crippen molar-refractivity contribution in [3.8, 4) is 23.1 Å². The molecule has 0 aliphatic rings. The molecule has 2 heterocycles. The Morgan fingerprint density at radius 1 is 0.976 bits per heavy atom. The number of ether oxygens (including phenoxy) is 2. The van der Waals surface area contributed by atoms with Crippen molar-refractivity contribution in [1.29, 1.82) is 0 Å². The number of halogens is 3. The van der Waals surface area contributed by atoms with Gasteiger partial charge in [0.05, 0.1) is 36.8 Å². The van der Waals surface area contributed by atoms with Gasteiger partial charge >= 0.3 is 0 Å². The van der Waals surface area contributed by atoms with Crippen molar-refractivity contribution in [2.45, 2.75) is 6.61 Å². The van der Waals surface area contributed by atoms with Crippen LogP contribution in [0.5, 0.6) is 11.5 Å². The Labute approximate surface area is 267 Å². The Hall–Kier alpha value is -3.42. The summed E-state index contributed by atoms with van der Waals surface area (Å²) in [6.07, 6.45) is 1.64. The van der Waals surface area contributed by atoms with Gasteiger partial charge in [0, 0.05) is 5.02 Å². The molecule has 0 radical (unpaired) electrons. The first-order valence-corrected chi connectivity index (χ1v) is 14.9. The minimum absolute atomic E-state index is 0.288. The van der Waals surface area contributed by atoms with Gasteiger partial charge in [0.1, 0.15) is 23.7 Å². The Kier molecular flexibility index (Phi) is 8.00. The third-order valence-corrected chi connectivity index (χ3v) is 8.21. The third kappa shape index (κ3) is 5.70. The molecular formula is C31H20ClI2N3O4. The lowest BCUT2D eigenvalue weighted by molar-refractivity contribution is 0.302. The monoisotopic (exact) mass is 787 g/mol. The van der Waals surface area contributed by atoms with Gasteiger partial charge in [0.25, 0.3) is 5.56 Å². The van der Waals surface area contributed by atoms with Crippen molar-refractivity contribution in [3.63, 3.8) is 0 Å². The lowest BCUT2D eigenvalue weighted by atomic mass is 10.2. The number of hydrogen-bond acceptors (Lipinski definition) is 6. The van der Waals surface area contributed by atoms with Crippen LogP contribution in [0.15, 0.2) is 99.2 Å². The minimum Gasteiger partial charge on any atom is -0.496 e. The van der Waals surface area contributed by atoms with E-state index in [1.165, 1.54) is 4.68 Å². The second-order valence-corrected chi connectivity index (χ2v) is 11.8. The predicted molar refractivity (Wildman–Crippen MR) is 178 cm³/mol. The van der Waals surface area contributed by atoms with E-state index < -0.39 is 0 Å². The summed E-state index contributed by atoms with van der Waals surface area (Å²) in [6, 6.07) is 26.0. The Morgan fingerprint density at radius 2 is 1.73 bits per heavy atom. The second kappa shape index (κ2) is 11.8. The highest BCUT2D eigenvalue weighted by atomic mass is 127. The van der Waals surface area contributed by atoms with Crippen molar-refractivity contribution in [2.75, 3.05) is 7.11 Å². The van der Waals surface area contributed by atoms with Crippen molar-refractivity contribution >= 4 is 84.9 Å². The SMILES string of the molecule is COc1cccc2oc(-c3nc4ccccc4c(=O)n3N=Cc3cc(I)c(OCc4ccc(Cl)cc4)c(I)c3)cc12. The highest BCUT2D eigenvalue weighted by Gasteiger charge is 2.18. The first kappa shape index (κ1) is 27.7. The Bertz CT molecular complexity index is 1980. The summed E-state index contributed by atoms with van der Waals surface area (Å²) in [5.74, 6) is 2.13. The molecule has 0 N–H and O–H groups in total. The molecule has 10 heteroatoms. The molecule has 0 spiro atoms. The van der Waals surface area contributed by atoms with Crippen LogP contribution in [0.4, 0.5) is 0 Å². The van der Waals surface area contributed by atoms with Gasteiger partial charge in [-0.25, -0.2) is 4.98 Å². The van der Waals surface area contributed by atoms with Gasteiger partial charge in [-0.3, -0.25) is 4.79 Å². The van der Waals surface area contributed by atoms with Gasteiger partial charge in [-0.2, -0.15) is 9.78 Å². The van der Waals surface area contributed by atoms with Crippen molar-refractivity contribution in [1.82, 2.24) is 9.66 Å². The summed E-state index contributed by atoms with van der Waals surface area (Å²) in [4.78, 5) is 18.4. The van der Waals surface area contributed by atoms with Crippen LogP contribution >= 0.6 is 56.8 Å². The van der Waals surface area contributed by atoms with Crippen LogP contribution in [0.1, 0.15) is 11.1 Å². The number of methoxy groups -OCH3 is 1. The van der Waals surface area contributed by atoms with Crippen molar-refractivity contribution < 1.29 is 13.9 Å². The topological polar surface area (TPSA) is 78.9 Å².